The molecule has 0 unspecified atom stereocenters. The van der Waals surface area contributed by atoms with Crippen molar-refractivity contribution in [1.29, 1.82) is 0 Å². The Kier molecular flexibility index (Phi) is 4.70. The highest BCUT2D eigenvalue weighted by atomic mass is 35.5. The van der Waals surface area contributed by atoms with Gasteiger partial charge in [-0.1, -0.05) is 17.7 Å². The highest BCUT2D eigenvalue weighted by Gasteiger charge is 2.21. The second-order valence-corrected chi connectivity index (χ2v) is 7.48. The number of amides is 1. The van der Waals surface area contributed by atoms with Crippen molar-refractivity contribution < 1.29 is 4.79 Å². The van der Waals surface area contributed by atoms with E-state index in [1.54, 1.807) is 24.3 Å². The Bertz CT molecular complexity index is 941. The van der Waals surface area contributed by atoms with Crippen molar-refractivity contribution in [2.75, 3.05) is 25.5 Å². The standard InChI is InChI=1S/C21H22ClN3O/c1-25-9-7-14(8-10-25)19-13-23-20-6-5-17(12-18(19)20)24-21(26)15-3-2-4-16(22)11-15/h2-6,11-14,23H,7-10H2,1H3,(H,24,26). The Labute approximate surface area is 158 Å². The lowest BCUT2D eigenvalue weighted by Gasteiger charge is -2.28. The summed E-state index contributed by atoms with van der Waals surface area (Å²) >= 11 is 5.98. The quantitative estimate of drug-likeness (QED) is 0.692. The molecule has 4 rings (SSSR count). The molecule has 2 heterocycles. The maximum Gasteiger partial charge on any atom is 0.255 e. The minimum atomic E-state index is -0.150. The lowest BCUT2D eigenvalue weighted by molar-refractivity contribution is 0.102. The van der Waals surface area contributed by atoms with Crippen LogP contribution in [0.3, 0.4) is 0 Å². The summed E-state index contributed by atoms with van der Waals surface area (Å²) in [4.78, 5) is 18.2. The zero-order chi connectivity index (χ0) is 18.1. The third kappa shape index (κ3) is 3.48. The maximum absolute atomic E-state index is 12.5. The number of hydrogen-bond donors (Lipinski definition) is 2. The summed E-state index contributed by atoms with van der Waals surface area (Å²) in [5.74, 6) is 0.419. The molecule has 0 atom stereocenters. The first-order chi connectivity index (χ1) is 12.6. The Morgan fingerprint density at radius 3 is 2.77 bits per heavy atom. The molecule has 1 fully saturated rings. The number of anilines is 1. The fourth-order valence-corrected chi connectivity index (χ4v) is 3.90. The number of piperidine rings is 1. The van der Waals surface area contributed by atoms with Gasteiger partial charge in [0.25, 0.3) is 5.91 Å². The van der Waals surface area contributed by atoms with Gasteiger partial charge in [-0.15, -0.1) is 0 Å². The van der Waals surface area contributed by atoms with E-state index in [1.165, 1.54) is 23.8 Å². The van der Waals surface area contributed by atoms with Crippen molar-refractivity contribution in [1.82, 2.24) is 9.88 Å². The molecule has 0 bridgehead atoms. The monoisotopic (exact) mass is 367 g/mol. The molecular formula is C21H22ClN3O. The third-order valence-corrected chi connectivity index (χ3v) is 5.45. The Morgan fingerprint density at radius 1 is 1.19 bits per heavy atom. The number of benzene rings is 2. The number of aromatic nitrogens is 1. The number of rotatable bonds is 3. The first kappa shape index (κ1) is 17.1. The largest absolute Gasteiger partial charge is 0.361 e. The summed E-state index contributed by atoms with van der Waals surface area (Å²) in [6, 6.07) is 13.0. The first-order valence-corrected chi connectivity index (χ1v) is 9.34. The van der Waals surface area contributed by atoms with Gasteiger partial charge in [0, 0.05) is 33.4 Å². The molecule has 4 nitrogen and oxygen atoms in total. The fraction of sp³-hybridized carbons (Fsp3) is 0.286. The molecule has 1 amide bonds. The minimum Gasteiger partial charge on any atom is -0.361 e. The van der Waals surface area contributed by atoms with Gasteiger partial charge < -0.3 is 15.2 Å². The molecule has 0 radical (unpaired) electrons. The van der Waals surface area contributed by atoms with E-state index in [-0.39, 0.29) is 5.91 Å². The SMILES string of the molecule is CN1CCC(c2c[nH]c3ccc(NC(=O)c4cccc(Cl)c4)cc23)CC1. The van der Waals surface area contributed by atoms with Gasteiger partial charge in [-0.2, -0.15) is 0 Å². The van der Waals surface area contributed by atoms with E-state index in [1.807, 2.05) is 12.1 Å². The number of halogens is 1. The van der Waals surface area contributed by atoms with Crippen LogP contribution in [-0.2, 0) is 0 Å². The Balaban J connectivity index is 1.59. The topological polar surface area (TPSA) is 48.1 Å². The smallest absolute Gasteiger partial charge is 0.255 e. The van der Waals surface area contributed by atoms with Crippen LogP contribution in [0.2, 0.25) is 5.02 Å². The lowest BCUT2D eigenvalue weighted by atomic mass is 9.89. The molecule has 2 aromatic carbocycles. The minimum absolute atomic E-state index is 0.150. The van der Waals surface area contributed by atoms with Gasteiger partial charge in [-0.25, -0.2) is 0 Å². The molecule has 0 saturated carbocycles. The van der Waals surface area contributed by atoms with Crippen LogP contribution in [0, 0.1) is 0 Å². The molecule has 1 aliphatic rings. The number of carbonyl (C=O) groups excluding carboxylic acids is 1. The van der Waals surface area contributed by atoms with E-state index in [4.69, 9.17) is 11.6 Å². The number of aromatic amines is 1. The van der Waals surface area contributed by atoms with Gasteiger partial charge in [0.15, 0.2) is 0 Å². The van der Waals surface area contributed by atoms with Crippen LogP contribution >= 0.6 is 11.6 Å². The molecule has 1 aliphatic heterocycles. The van der Waals surface area contributed by atoms with Gasteiger partial charge in [-0.05, 0) is 80.9 Å². The number of carbonyl (C=O) groups is 1. The van der Waals surface area contributed by atoms with E-state index < -0.39 is 0 Å². The van der Waals surface area contributed by atoms with Crippen LogP contribution in [-0.4, -0.2) is 35.9 Å². The van der Waals surface area contributed by atoms with Crippen molar-refractivity contribution in [3.8, 4) is 0 Å². The van der Waals surface area contributed by atoms with E-state index >= 15 is 0 Å². The van der Waals surface area contributed by atoms with Gasteiger partial charge in [0.1, 0.15) is 0 Å². The molecule has 26 heavy (non-hydrogen) atoms. The van der Waals surface area contributed by atoms with Crippen LogP contribution < -0.4 is 5.32 Å². The van der Waals surface area contributed by atoms with Crippen LogP contribution in [0.1, 0.15) is 34.7 Å². The zero-order valence-electron chi connectivity index (χ0n) is 14.8. The van der Waals surface area contributed by atoms with Crippen molar-refractivity contribution >= 4 is 34.1 Å². The van der Waals surface area contributed by atoms with Crippen molar-refractivity contribution in [3.63, 3.8) is 0 Å². The maximum atomic E-state index is 12.5. The molecule has 5 heteroatoms. The second-order valence-electron chi connectivity index (χ2n) is 7.05. The van der Waals surface area contributed by atoms with Crippen LogP contribution in [0.15, 0.2) is 48.7 Å². The molecule has 0 aliphatic carbocycles. The zero-order valence-corrected chi connectivity index (χ0v) is 15.5. The average molecular weight is 368 g/mol. The number of fused-ring (bicyclic) bond motifs is 1. The van der Waals surface area contributed by atoms with Crippen LogP contribution in [0.4, 0.5) is 5.69 Å². The molecule has 1 saturated heterocycles. The number of hydrogen-bond acceptors (Lipinski definition) is 2. The summed E-state index contributed by atoms with van der Waals surface area (Å²) < 4.78 is 0. The van der Waals surface area contributed by atoms with Gasteiger partial charge in [-0.3, -0.25) is 4.79 Å². The third-order valence-electron chi connectivity index (χ3n) is 5.22. The predicted molar refractivity (Wildman–Crippen MR) is 107 cm³/mol. The molecule has 3 aromatic rings. The van der Waals surface area contributed by atoms with E-state index in [2.05, 4.69) is 34.5 Å². The number of likely N-dealkylation sites (tertiary alicyclic amines) is 1. The van der Waals surface area contributed by atoms with Crippen molar-refractivity contribution in [3.05, 3.63) is 64.8 Å². The van der Waals surface area contributed by atoms with Gasteiger partial charge in [0.05, 0.1) is 0 Å². The number of nitrogens with one attached hydrogen (secondary N) is 2. The first-order valence-electron chi connectivity index (χ1n) is 8.96. The van der Waals surface area contributed by atoms with Crippen LogP contribution in [0.25, 0.3) is 10.9 Å². The normalized spacial score (nSPS) is 16.1. The highest BCUT2D eigenvalue weighted by molar-refractivity contribution is 6.31. The van der Waals surface area contributed by atoms with Crippen molar-refractivity contribution in [2.24, 2.45) is 0 Å². The molecular weight excluding hydrogens is 346 g/mol. The summed E-state index contributed by atoms with van der Waals surface area (Å²) in [5.41, 5.74) is 3.82. The fourth-order valence-electron chi connectivity index (χ4n) is 3.71. The van der Waals surface area contributed by atoms with E-state index in [0.29, 0.717) is 16.5 Å². The summed E-state index contributed by atoms with van der Waals surface area (Å²) in [5, 5.41) is 4.74. The lowest BCUT2D eigenvalue weighted by Crippen LogP contribution is -2.29. The van der Waals surface area contributed by atoms with Gasteiger partial charge >= 0.3 is 0 Å². The molecule has 0 spiro atoms. The molecule has 1 aromatic heterocycles. The van der Waals surface area contributed by atoms with Gasteiger partial charge in [0.2, 0.25) is 0 Å². The second kappa shape index (κ2) is 7.14. The summed E-state index contributed by atoms with van der Waals surface area (Å²) in [6.45, 7) is 2.26. The summed E-state index contributed by atoms with van der Waals surface area (Å²) in [7, 11) is 2.18. The number of nitrogens with zero attached hydrogens (tertiary/aromatic N) is 1. The average Bonchev–Trinajstić information content (AvgIpc) is 3.05. The van der Waals surface area contributed by atoms with E-state index in [0.717, 1.165) is 24.3 Å². The van der Waals surface area contributed by atoms with E-state index in [9.17, 15) is 4.79 Å². The Hall–Kier alpha value is -2.30. The Morgan fingerprint density at radius 2 is 2.00 bits per heavy atom. The van der Waals surface area contributed by atoms with Crippen molar-refractivity contribution in [2.45, 2.75) is 18.8 Å². The molecule has 134 valence electrons. The number of H-pyrrole nitrogens is 1. The summed E-state index contributed by atoms with van der Waals surface area (Å²) in [6.07, 6.45) is 4.47. The predicted octanol–water partition coefficient (Wildman–Crippen LogP) is 4.88. The highest BCUT2D eigenvalue weighted by Crippen LogP contribution is 2.34. The molecule has 2 N–H and O–H groups in total. The van der Waals surface area contributed by atoms with Crippen LogP contribution in [0.5, 0.6) is 0 Å².